The number of phosphoric ester groups is 1. The summed E-state index contributed by atoms with van der Waals surface area (Å²) in [5.74, 6) is -0.486. The maximum absolute atomic E-state index is 13.5. The first-order valence-corrected chi connectivity index (χ1v) is 32.5. The molecule has 422 valence electrons. The number of phosphoric acid groups is 1. The SMILES string of the molecule is CCCCCCCCCCCCC/C=C\C(OC(=O)CCCCCCCCCCCCCCCCCCCCCCC)C(COP(=O)(O)OCC[N+](C)(C)C)NC(=O)CCCCCCCCCCCCC. The van der Waals surface area contributed by atoms with Gasteiger partial charge in [0, 0.05) is 12.8 Å². The molecule has 1 amide bonds. The topological polar surface area (TPSA) is 111 Å². The van der Waals surface area contributed by atoms with Crippen molar-refractivity contribution in [2.45, 2.75) is 328 Å². The molecule has 71 heavy (non-hydrogen) atoms. The Balaban J connectivity index is 5.15. The van der Waals surface area contributed by atoms with E-state index in [4.69, 9.17) is 13.8 Å². The average molecular weight is 1030 g/mol. The van der Waals surface area contributed by atoms with Crippen LogP contribution >= 0.6 is 7.82 Å². The number of hydrogen-bond donors (Lipinski definition) is 2. The molecule has 3 atom stereocenters. The highest BCUT2D eigenvalue weighted by atomic mass is 31.2. The van der Waals surface area contributed by atoms with Gasteiger partial charge in [0.15, 0.2) is 0 Å². The van der Waals surface area contributed by atoms with Gasteiger partial charge in [0.1, 0.15) is 19.3 Å². The molecule has 0 saturated carbocycles. The molecule has 0 aliphatic carbocycles. The number of nitrogens with one attached hydrogen (secondary N) is 1. The maximum atomic E-state index is 13.5. The van der Waals surface area contributed by atoms with Crippen LogP contribution in [0.5, 0.6) is 0 Å². The normalized spacial score (nSPS) is 13.7. The molecule has 9 nitrogen and oxygen atoms in total. The van der Waals surface area contributed by atoms with E-state index in [0.717, 1.165) is 57.8 Å². The fourth-order valence-electron chi connectivity index (χ4n) is 9.41. The first kappa shape index (κ1) is 69.8. The Bertz CT molecular complexity index is 1230. The fraction of sp³-hybridized carbons (Fsp3) is 0.934. The number of amides is 1. The smallest absolute Gasteiger partial charge is 0.456 e. The molecule has 0 fully saturated rings. The van der Waals surface area contributed by atoms with Crippen LogP contribution in [-0.2, 0) is 27.9 Å². The number of quaternary nitrogens is 1. The van der Waals surface area contributed by atoms with Crippen LogP contribution < -0.4 is 5.32 Å². The summed E-state index contributed by atoms with van der Waals surface area (Å²) >= 11 is 0. The van der Waals surface area contributed by atoms with Crippen LogP contribution in [0.4, 0.5) is 0 Å². The van der Waals surface area contributed by atoms with Crippen LogP contribution in [0.15, 0.2) is 12.2 Å². The summed E-state index contributed by atoms with van der Waals surface area (Å²) in [7, 11) is 1.52. The van der Waals surface area contributed by atoms with Crippen molar-refractivity contribution >= 4 is 19.7 Å². The first-order chi connectivity index (χ1) is 34.4. The summed E-state index contributed by atoms with van der Waals surface area (Å²) in [6.07, 6.45) is 59.2. The zero-order valence-electron chi connectivity index (χ0n) is 48.2. The van der Waals surface area contributed by atoms with Crippen molar-refractivity contribution in [3.05, 3.63) is 12.2 Å². The second-order valence-electron chi connectivity index (χ2n) is 22.6. The van der Waals surface area contributed by atoms with E-state index >= 15 is 0 Å². The molecule has 0 radical (unpaired) electrons. The molecule has 0 heterocycles. The van der Waals surface area contributed by atoms with E-state index in [0.29, 0.717) is 23.9 Å². The Morgan fingerprint density at radius 1 is 0.479 bits per heavy atom. The third-order valence-corrected chi connectivity index (χ3v) is 15.2. The Hall–Kier alpha value is -1.25. The van der Waals surface area contributed by atoms with E-state index in [9.17, 15) is 19.0 Å². The Morgan fingerprint density at radius 3 is 1.15 bits per heavy atom. The molecular weight excluding hydrogens is 904 g/mol. The van der Waals surface area contributed by atoms with Gasteiger partial charge in [-0.3, -0.25) is 18.6 Å². The zero-order valence-corrected chi connectivity index (χ0v) is 49.1. The highest BCUT2D eigenvalue weighted by molar-refractivity contribution is 7.47. The number of hydrogen-bond acceptors (Lipinski definition) is 6. The number of unbranched alkanes of at least 4 members (excludes halogenated alkanes) is 41. The first-order valence-electron chi connectivity index (χ1n) is 31.0. The van der Waals surface area contributed by atoms with Crippen LogP contribution in [0, 0.1) is 0 Å². The van der Waals surface area contributed by atoms with Gasteiger partial charge in [0.25, 0.3) is 0 Å². The number of rotatable bonds is 57. The van der Waals surface area contributed by atoms with E-state index in [1.54, 1.807) is 0 Å². The fourth-order valence-corrected chi connectivity index (χ4v) is 10.1. The third kappa shape index (κ3) is 53.4. The van der Waals surface area contributed by atoms with Gasteiger partial charge in [-0.15, -0.1) is 0 Å². The van der Waals surface area contributed by atoms with E-state index in [-0.39, 0.29) is 25.1 Å². The minimum absolute atomic E-state index is 0.0456. The van der Waals surface area contributed by atoms with Gasteiger partial charge in [0.05, 0.1) is 33.8 Å². The highest BCUT2D eigenvalue weighted by Gasteiger charge is 2.30. The van der Waals surface area contributed by atoms with Crippen molar-refractivity contribution in [2.75, 3.05) is 40.9 Å². The molecule has 0 aromatic rings. The lowest BCUT2D eigenvalue weighted by Crippen LogP contribution is -2.47. The minimum Gasteiger partial charge on any atom is -0.456 e. The average Bonchev–Trinajstić information content (AvgIpc) is 3.33. The summed E-state index contributed by atoms with van der Waals surface area (Å²) in [4.78, 5) is 37.6. The van der Waals surface area contributed by atoms with Crippen LogP contribution in [0.2, 0.25) is 0 Å². The second kappa shape index (κ2) is 52.2. The quantitative estimate of drug-likeness (QED) is 0.0205. The van der Waals surface area contributed by atoms with Crippen molar-refractivity contribution in [2.24, 2.45) is 0 Å². The third-order valence-electron chi connectivity index (χ3n) is 14.2. The van der Waals surface area contributed by atoms with Gasteiger partial charge < -0.3 is 19.4 Å². The lowest BCUT2D eigenvalue weighted by Gasteiger charge is -2.27. The number of allylic oxidation sites excluding steroid dienone is 1. The van der Waals surface area contributed by atoms with Crippen LogP contribution in [0.3, 0.4) is 0 Å². The standard InChI is InChI=1S/C61H121N2O7P/c1-7-10-13-16-19-22-25-27-28-29-30-31-32-33-34-36-39-42-45-48-51-54-61(65)70-59(52-49-46-43-40-38-35-26-23-20-17-14-11-8-2)58(57-69-71(66,67)68-56-55-63(4,5)6)62-60(64)53-50-47-44-41-37-24-21-18-15-12-9-3/h49,52,58-59H,7-48,50-51,53-57H2,1-6H3,(H-,62,64,66,67)/p+1/b52-49-. The molecule has 0 aromatic heterocycles. The van der Waals surface area contributed by atoms with Crippen molar-refractivity contribution in [1.29, 1.82) is 0 Å². The summed E-state index contributed by atoms with van der Waals surface area (Å²) in [5.41, 5.74) is 0. The molecule has 0 bridgehead atoms. The molecule has 0 rings (SSSR count). The van der Waals surface area contributed by atoms with Crippen LogP contribution in [0.25, 0.3) is 0 Å². The molecule has 3 unspecified atom stereocenters. The summed E-state index contributed by atoms with van der Waals surface area (Å²) < 4.78 is 30.7. The number of carbonyl (C=O) groups excluding carboxylic acids is 2. The van der Waals surface area contributed by atoms with Gasteiger partial charge in [-0.2, -0.15) is 0 Å². The van der Waals surface area contributed by atoms with E-state index in [1.165, 1.54) is 225 Å². The largest absolute Gasteiger partial charge is 0.472 e. The zero-order chi connectivity index (χ0) is 52.2. The van der Waals surface area contributed by atoms with Gasteiger partial charge in [-0.25, -0.2) is 4.57 Å². The van der Waals surface area contributed by atoms with Crippen LogP contribution in [-0.4, -0.2) is 74.3 Å². The lowest BCUT2D eigenvalue weighted by atomic mass is 10.0. The monoisotopic (exact) mass is 1030 g/mol. The van der Waals surface area contributed by atoms with Crippen molar-refractivity contribution < 1.29 is 37.3 Å². The second-order valence-corrected chi connectivity index (χ2v) is 24.1. The molecular formula is C61H122N2O7P+. The van der Waals surface area contributed by atoms with E-state index in [1.807, 2.05) is 33.3 Å². The maximum Gasteiger partial charge on any atom is 0.472 e. The highest BCUT2D eigenvalue weighted by Crippen LogP contribution is 2.43. The van der Waals surface area contributed by atoms with E-state index < -0.39 is 20.0 Å². The van der Waals surface area contributed by atoms with Gasteiger partial charge >= 0.3 is 13.8 Å². The molecule has 0 aliphatic rings. The van der Waals surface area contributed by atoms with Crippen LogP contribution in [0.1, 0.15) is 316 Å². The van der Waals surface area contributed by atoms with Crippen molar-refractivity contribution in [3.8, 4) is 0 Å². The van der Waals surface area contributed by atoms with Gasteiger partial charge in [-0.1, -0.05) is 284 Å². The molecule has 2 N–H and O–H groups in total. The number of carbonyl (C=O) groups is 2. The Kier molecular flexibility index (Phi) is 51.3. The minimum atomic E-state index is -4.44. The summed E-state index contributed by atoms with van der Waals surface area (Å²) in [5, 5.41) is 3.06. The van der Waals surface area contributed by atoms with Crippen molar-refractivity contribution in [3.63, 3.8) is 0 Å². The molecule has 0 spiro atoms. The molecule has 0 aromatic carbocycles. The Morgan fingerprint density at radius 2 is 0.803 bits per heavy atom. The molecule has 0 saturated heterocycles. The predicted octanol–water partition coefficient (Wildman–Crippen LogP) is 18.8. The number of likely N-dealkylation sites (N-methyl/N-ethyl adjacent to an activating group) is 1. The van der Waals surface area contributed by atoms with Gasteiger partial charge in [0.2, 0.25) is 5.91 Å². The predicted molar refractivity (Wildman–Crippen MR) is 305 cm³/mol. The number of ether oxygens (including phenoxy) is 1. The molecule has 0 aliphatic heterocycles. The summed E-state index contributed by atoms with van der Waals surface area (Å²) in [6, 6.07) is -0.838. The summed E-state index contributed by atoms with van der Waals surface area (Å²) in [6.45, 7) is 7.05. The lowest BCUT2D eigenvalue weighted by molar-refractivity contribution is -0.870. The Labute approximate surface area is 441 Å². The number of nitrogens with zero attached hydrogens (tertiary/aromatic N) is 1. The number of esters is 1. The van der Waals surface area contributed by atoms with E-state index in [2.05, 4.69) is 26.1 Å². The van der Waals surface area contributed by atoms with Gasteiger partial charge in [-0.05, 0) is 31.8 Å². The molecule has 10 heteroatoms. The van der Waals surface area contributed by atoms with Crippen molar-refractivity contribution in [1.82, 2.24) is 5.32 Å².